The van der Waals surface area contributed by atoms with Crippen LogP contribution in [-0.2, 0) is 0 Å². The van der Waals surface area contributed by atoms with Crippen LogP contribution in [0.3, 0.4) is 0 Å². The molecule has 4 nitrogen and oxygen atoms in total. The van der Waals surface area contributed by atoms with Crippen molar-refractivity contribution >= 4 is 5.97 Å². The molecule has 0 spiro atoms. The van der Waals surface area contributed by atoms with Gasteiger partial charge in [-0.1, -0.05) is 18.2 Å². The third kappa shape index (κ3) is 1.83. The zero-order valence-electron chi connectivity index (χ0n) is 7.79. The Balaban J connectivity index is 2.58. The molecule has 0 saturated carbocycles. The van der Waals surface area contributed by atoms with E-state index in [9.17, 15) is 4.79 Å². The lowest BCUT2D eigenvalue weighted by Gasteiger charge is -2.04. The fraction of sp³-hybridized carbons (Fsp3) is 0. The first kappa shape index (κ1) is 9.33. The first-order chi connectivity index (χ1) is 7.29. The Morgan fingerprint density at radius 3 is 2.60 bits per heavy atom. The van der Waals surface area contributed by atoms with Gasteiger partial charge in [0.25, 0.3) is 0 Å². The average molecular weight is 200 g/mol. The number of aromatic nitrogens is 2. The van der Waals surface area contributed by atoms with Crippen molar-refractivity contribution in [1.82, 2.24) is 10.2 Å². The molecule has 0 radical (unpaired) electrons. The Morgan fingerprint density at radius 1 is 1.13 bits per heavy atom. The number of carboxylic acids is 1. The number of carbonyl (C=O) groups is 1. The topological polar surface area (TPSA) is 63.1 Å². The first-order valence-electron chi connectivity index (χ1n) is 4.38. The van der Waals surface area contributed by atoms with Crippen LogP contribution in [-0.4, -0.2) is 21.3 Å². The summed E-state index contributed by atoms with van der Waals surface area (Å²) in [5.74, 6) is -0.942. The van der Waals surface area contributed by atoms with Gasteiger partial charge in [-0.2, -0.15) is 10.2 Å². The molecule has 1 aromatic carbocycles. The predicted molar refractivity (Wildman–Crippen MR) is 54.4 cm³/mol. The quantitative estimate of drug-likeness (QED) is 0.803. The molecule has 1 heterocycles. The third-order valence-corrected chi connectivity index (χ3v) is 2.05. The Labute approximate surface area is 86.2 Å². The van der Waals surface area contributed by atoms with Crippen LogP contribution in [0.2, 0.25) is 0 Å². The Bertz CT molecular complexity index is 483. The van der Waals surface area contributed by atoms with Crippen molar-refractivity contribution in [3.8, 4) is 11.1 Å². The van der Waals surface area contributed by atoms with E-state index in [1.165, 1.54) is 6.20 Å². The van der Waals surface area contributed by atoms with Crippen molar-refractivity contribution in [2.24, 2.45) is 0 Å². The number of rotatable bonds is 2. The molecule has 0 atom stereocenters. The summed E-state index contributed by atoms with van der Waals surface area (Å²) in [5, 5.41) is 16.4. The largest absolute Gasteiger partial charge is 0.478 e. The molecule has 1 N–H and O–H groups in total. The van der Waals surface area contributed by atoms with E-state index in [1.54, 1.807) is 36.5 Å². The second-order valence-electron chi connectivity index (χ2n) is 2.98. The average Bonchev–Trinajstić information content (AvgIpc) is 2.30. The molecule has 2 aromatic rings. The summed E-state index contributed by atoms with van der Waals surface area (Å²) >= 11 is 0. The van der Waals surface area contributed by atoms with E-state index in [2.05, 4.69) is 10.2 Å². The maximum atomic E-state index is 11.0. The van der Waals surface area contributed by atoms with Gasteiger partial charge in [0.2, 0.25) is 0 Å². The summed E-state index contributed by atoms with van der Waals surface area (Å²) in [5.41, 5.74) is 1.67. The van der Waals surface area contributed by atoms with Gasteiger partial charge >= 0.3 is 5.97 Å². The lowest BCUT2D eigenvalue weighted by molar-refractivity contribution is 0.0698. The fourth-order valence-electron chi connectivity index (χ4n) is 1.37. The highest BCUT2D eigenvalue weighted by atomic mass is 16.4. The molecule has 74 valence electrons. The van der Waals surface area contributed by atoms with E-state index >= 15 is 0 Å². The van der Waals surface area contributed by atoms with Crippen LogP contribution in [0.15, 0.2) is 42.7 Å². The van der Waals surface area contributed by atoms with Crippen molar-refractivity contribution in [1.29, 1.82) is 0 Å². The van der Waals surface area contributed by atoms with E-state index < -0.39 is 5.97 Å². The van der Waals surface area contributed by atoms with Crippen LogP contribution < -0.4 is 0 Å². The van der Waals surface area contributed by atoms with E-state index in [1.807, 2.05) is 0 Å². The summed E-state index contributed by atoms with van der Waals surface area (Å²) in [6.07, 6.45) is 3.08. The lowest BCUT2D eigenvalue weighted by Crippen LogP contribution is -1.99. The van der Waals surface area contributed by atoms with Gasteiger partial charge in [0, 0.05) is 5.56 Å². The standard InChI is InChI=1S/C11H8N2O2/c14-11(15)10-4-2-1-3-9(10)8-5-6-12-13-7-8/h1-7H,(H,14,15). The summed E-state index contributed by atoms with van der Waals surface area (Å²) < 4.78 is 0. The number of nitrogens with zero attached hydrogens (tertiary/aromatic N) is 2. The molecule has 0 aliphatic rings. The summed E-state index contributed by atoms with van der Waals surface area (Å²) in [4.78, 5) is 11.0. The van der Waals surface area contributed by atoms with Crippen LogP contribution in [0.1, 0.15) is 10.4 Å². The fourth-order valence-corrected chi connectivity index (χ4v) is 1.37. The van der Waals surface area contributed by atoms with Crippen LogP contribution in [0, 0.1) is 0 Å². The number of carboxylic acid groups (broad SMARTS) is 1. The van der Waals surface area contributed by atoms with Gasteiger partial charge in [0.1, 0.15) is 0 Å². The summed E-state index contributed by atoms with van der Waals surface area (Å²) in [7, 11) is 0. The van der Waals surface area contributed by atoms with E-state index in [-0.39, 0.29) is 5.56 Å². The van der Waals surface area contributed by atoms with Gasteiger partial charge in [-0.15, -0.1) is 0 Å². The molecule has 0 fully saturated rings. The second kappa shape index (κ2) is 3.88. The number of benzene rings is 1. The zero-order chi connectivity index (χ0) is 10.7. The molecule has 0 saturated heterocycles. The molecule has 1 aromatic heterocycles. The Kier molecular flexibility index (Phi) is 2.41. The normalized spacial score (nSPS) is 9.87. The highest BCUT2D eigenvalue weighted by molar-refractivity contribution is 5.95. The molecule has 0 aliphatic carbocycles. The van der Waals surface area contributed by atoms with Gasteiger partial charge in [-0.3, -0.25) is 0 Å². The minimum atomic E-state index is -0.942. The molecule has 0 unspecified atom stereocenters. The highest BCUT2D eigenvalue weighted by Gasteiger charge is 2.10. The zero-order valence-corrected chi connectivity index (χ0v) is 7.79. The molecular weight excluding hydrogens is 192 g/mol. The van der Waals surface area contributed by atoms with Crippen LogP contribution >= 0.6 is 0 Å². The Hall–Kier alpha value is -2.23. The van der Waals surface area contributed by atoms with Gasteiger partial charge in [-0.05, 0) is 17.7 Å². The van der Waals surface area contributed by atoms with Crippen LogP contribution in [0.5, 0.6) is 0 Å². The molecule has 0 aliphatic heterocycles. The maximum Gasteiger partial charge on any atom is 0.336 e. The molecule has 15 heavy (non-hydrogen) atoms. The number of aromatic carboxylic acids is 1. The molecular formula is C11H8N2O2. The van der Waals surface area contributed by atoms with Gasteiger partial charge in [0.05, 0.1) is 18.0 Å². The smallest absolute Gasteiger partial charge is 0.336 e. The van der Waals surface area contributed by atoms with Gasteiger partial charge < -0.3 is 5.11 Å². The van der Waals surface area contributed by atoms with Gasteiger partial charge in [0.15, 0.2) is 0 Å². The summed E-state index contributed by atoms with van der Waals surface area (Å²) in [6, 6.07) is 8.54. The maximum absolute atomic E-state index is 11.0. The first-order valence-corrected chi connectivity index (χ1v) is 4.38. The Morgan fingerprint density at radius 2 is 1.93 bits per heavy atom. The molecule has 0 bridgehead atoms. The molecule has 0 amide bonds. The van der Waals surface area contributed by atoms with E-state index in [4.69, 9.17) is 5.11 Å². The van der Waals surface area contributed by atoms with Gasteiger partial charge in [-0.25, -0.2) is 4.79 Å². The number of hydrogen-bond acceptors (Lipinski definition) is 3. The SMILES string of the molecule is O=C(O)c1ccccc1-c1ccnnc1. The number of hydrogen-bond donors (Lipinski definition) is 1. The molecule has 4 heteroatoms. The van der Waals surface area contributed by atoms with Crippen molar-refractivity contribution in [2.75, 3.05) is 0 Å². The minimum absolute atomic E-state index is 0.269. The summed E-state index contributed by atoms with van der Waals surface area (Å²) in [6.45, 7) is 0. The van der Waals surface area contributed by atoms with Crippen LogP contribution in [0.25, 0.3) is 11.1 Å². The second-order valence-corrected chi connectivity index (χ2v) is 2.98. The van der Waals surface area contributed by atoms with Crippen molar-refractivity contribution in [3.63, 3.8) is 0 Å². The lowest BCUT2D eigenvalue weighted by atomic mass is 10.0. The molecule has 2 rings (SSSR count). The van der Waals surface area contributed by atoms with E-state index in [0.717, 1.165) is 5.56 Å². The minimum Gasteiger partial charge on any atom is -0.478 e. The van der Waals surface area contributed by atoms with Crippen LogP contribution in [0.4, 0.5) is 0 Å². The van der Waals surface area contributed by atoms with Crippen molar-refractivity contribution in [2.45, 2.75) is 0 Å². The third-order valence-electron chi connectivity index (χ3n) is 2.05. The highest BCUT2D eigenvalue weighted by Crippen LogP contribution is 2.21. The monoisotopic (exact) mass is 200 g/mol. The van der Waals surface area contributed by atoms with Crippen molar-refractivity contribution in [3.05, 3.63) is 48.3 Å². The van der Waals surface area contributed by atoms with Crippen molar-refractivity contribution < 1.29 is 9.90 Å². The van der Waals surface area contributed by atoms with E-state index in [0.29, 0.717) is 5.56 Å². The predicted octanol–water partition coefficient (Wildman–Crippen LogP) is 1.84.